The number of hydrogen-bond acceptors (Lipinski definition) is 8. The van der Waals surface area contributed by atoms with Crippen molar-refractivity contribution in [1.82, 2.24) is 14.5 Å². The van der Waals surface area contributed by atoms with Crippen LogP contribution < -0.4 is 0 Å². The fourth-order valence-corrected chi connectivity index (χ4v) is 6.83. The van der Waals surface area contributed by atoms with Crippen LogP contribution >= 0.6 is 0 Å². The van der Waals surface area contributed by atoms with Crippen molar-refractivity contribution in [2.75, 3.05) is 33.4 Å². The third kappa shape index (κ3) is 7.16. The first-order valence-corrected chi connectivity index (χ1v) is 16.4. The number of hydrogen-bond donors (Lipinski definition) is 0. The number of aliphatic imine (C=N–C) groups is 1. The lowest BCUT2D eigenvalue weighted by Crippen LogP contribution is -2.37. The Morgan fingerprint density at radius 2 is 1.96 bits per heavy atom. The van der Waals surface area contributed by atoms with E-state index in [9.17, 15) is 9.18 Å². The molecule has 2 atom stereocenters. The summed E-state index contributed by atoms with van der Waals surface area (Å²) in [5.74, 6) is 2.02. The van der Waals surface area contributed by atoms with E-state index in [-0.39, 0.29) is 18.7 Å². The highest BCUT2D eigenvalue weighted by Gasteiger charge is 2.29. The second kappa shape index (κ2) is 14.6. The molecule has 10 heteroatoms. The lowest BCUT2D eigenvalue weighted by molar-refractivity contribution is -0.0592. The average Bonchev–Trinajstić information content (AvgIpc) is 3.38. The van der Waals surface area contributed by atoms with Gasteiger partial charge in [-0.3, -0.25) is 9.89 Å². The average molecular weight is 628 g/mol. The standard InChI is InChI=1S/C36H42FN5O4/c1-3-25-6-7-26(10-14-39-35(25)46-23-29-5-4-24(20-38)18-31(29)37)27-11-15-41(16-12-27)22-34-40-32-9-8-28(36(43)44-2)19-33(32)42(34)21-30-13-17-45-30/h4-6,8-9,18-19,26-27,30H,3,7,10-17,21-23H2,1-2H3/b25-6-,39-35+/t26?,30-/m0/s1. The number of carbonyl (C=O) groups excluding carboxylic acids is 1. The van der Waals surface area contributed by atoms with Crippen LogP contribution in [-0.2, 0) is 33.9 Å². The number of esters is 1. The fraction of sp³-hybridized carbons (Fsp3) is 0.500. The van der Waals surface area contributed by atoms with E-state index in [1.807, 2.05) is 18.2 Å². The number of halogens is 1. The summed E-state index contributed by atoms with van der Waals surface area (Å²) >= 11 is 0. The predicted octanol–water partition coefficient (Wildman–Crippen LogP) is 6.20. The Bertz CT molecular complexity index is 1660. The van der Waals surface area contributed by atoms with Gasteiger partial charge in [-0.1, -0.05) is 19.1 Å². The van der Waals surface area contributed by atoms with Crippen LogP contribution in [0.5, 0.6) is 0 Å². The predicted molar refractivity (Wildman–Crippen MR) is 173 cm³/mol. The zero-order valence-electron chi connectivity index (χ0n) is 26.7. The normalized spacial score (nSPS) is 23.3. The summed E-state index contributed by atoms with van der Waals surface area (Å²) in [6, 6.07) is 12.0. The highest BCUT2D eigenvalue weighted by atomic mass is 19.1. The molecule has 0 amide bonds. The zero-order valence-corrected chi connectivity index (χ0v) is 26.7. The van der Waals surface area contributed by atoms with E-state index < -0.39 is 5.82 Å². The molecule has 2 aromatic carbocycles. The smallest absolute Gasteiger partial charge is 0.337 e. The molecule has 0 N–H and O–H groups in total. The maximum atomic E-state index is 14.4. The van der Waals surface area contributed by atoms with Crippen molar-refractivity contribution >= 4 is 22.9 Å². The molecule has 3 aromatic rings. The lowest BCUT2D eigenvalue weighted by Gasteiger charge is -2.36. The van der Waals surface area contributed by atoms with Crippen LogP contribution in [0.2, 0.25) is 0 Å². The quantitative estimate of drug-likeness (QED) is 0.261. The van der Waals surface area contributed by atoms with Crippen LogP contribution in [0.15, 0.2) is 53.0 Å². The highest BCUT2D eigenvalue weighted by Crippen LogP contribution is 2.33. The van der Waals surface area contributed by atoms with Gasteiger partial charge in [-0.15, -0.1) is 0 Å². The van der Waals surface area contributed by atoms with Gasteiger partial charge in [-0.05, 0) is 93.8 Å². The van der Waals surface area contributed by atoms with E-state index in [1.54, 1.807) is 18.2 Å². The van der Waals surface area contributed by atoms with Crippen molar-refractivity contribution in [3.63, 3.8) is 0 Å². The summed E-state index contributed by atoms with van der Waals surface area (Å²) in [6.45, 7) is 7.18. The number of nitriles is 1. The summed E-state index contributed by atoms with van der Waals surface area (Å²) in [7, 11) is 1.40. The van der Waals surface area contributed by atoms with Gasteiger partial charge >= 0.3 is 5.97 Å². The number of carbonyl (C=O) groups is 1. The summed E-state index contributed by atoms with van der Waals surface area (Å²) in [6.07, 6.45) is 8.52. The highest BCUT2D eigenvalue weighted by molar-refractivity contribution is 5.94. The second-order valence-electron chi connectivity index (χ2n) is 12.5. The first-order chi connectivity index (χ1) is 22.4. The Kier molecular flexibility index (Phi) is 10.1. The zero-order chi connectivity index (χ0) is 32.0. The Morgan fingerprint density at radius 1 is 1.13 bits per heavy atom. The molecule has 2 fully saturated rings. The number of rotatable bonds is 9. The molecule has 0 saturated carbocycles. The molecule has 9 nitrogen and oxygen atoms in total. The van der Waals surface area contributed by atoms with Gasteiger partial charge in [0.25, 0.3) is 0 Å². The van der Waals surface area contributed by atoms with Gasteiger partial charge < -0.3 is 18.8 Å². The number of imidazole rings is 1. The molecule has 46 heavy (non-hydrogen) atoms. The number of nitrogens with zero attached hydrogens (tertiary/aromatic N) is 5. The molecule has 4 heterocycles. The Hall–Kier alpha value is -4.07. The minimum atomic E-state index is -0.434. The largest absolute Gasteiger partial charge is 0.473 e. The van der Waals surface area contributed by atoms with Crippen molar-refractivity contribution in [3.8, 4) is 6.07 Å². The summed E-state index contributed by atoms with van der Waals surface area (Å²) in [5, 5.41) is 9.00. The number of aromatic nitrogens is 2. The van der Waals surface area contributed by atoms with Crippen LogP contribution in [-0.4, -0.2) is 65.8 Å². The Balaban J connectivity index is 1.06. The third-order valence-electron chi connectivity index (χ3n) is 9.72. The molecule has 1 unspecified atom stereocenters. The van der Waals surface area contributed by atoms with E-state index in [0.29, 0.717) is 41.0 Å². The first kappa shape index (κ1) is 31.9. The van der Waals surface area contributed by atoms with Crippen LogP contribution in [0, 0.1) is 29.0 Å². The summed E-state index contributed by atoms with van der Waals surface area (Å²) in [4.78, 5) is 24.5. The van der Waals surface area contributed by atoms with E-state index in [1.165, 1.54) is 13.2 Å². The molecule has 6 rings (SSSR count). The van der Waals surface area contributed by atoms with Gasteiger partial charge in [0.1, 0.15) is 18.2 Å². The molecule has 1 aromatic heterocycles. The van der Waals surface area contributed by atoms with Crippen molar-refractivity contribution < 1.29 is 23.4 Å². The molecular weight excluding hydrogens is 585 g/mol. The van der Waals surface area contributed by atoms with E-state index in [4.69, 9.17) is 29.4 Å². The minimum Gasteiger partial charge on any atom is -0.473 e. The van der Waals surface area contributed by atoms with Crippen molar-refractivity contribution in [3.05, 3.63) is 76.4 Å². The van der Waals surface area contributed by atoms with Gasteiger partial charge in [0.05, 0.1) is 54.5 Å². The van der Waals surface area contributed by atoms with Crippen LogP contribution in [0.1, 0.15) is 72.8 Å². The van der Waals surface area contributed by atoms with Gasteiger partial charge in [-0.2, -0.15) is 5.26 Å². The summed E-state index contributed by atoms with van der Waals surface area (Å²) in [5.41, 5.74) is 4.14. The first-order valence-electron chi connectivity index (χ1n) is 16.4. The van der Waals surface area contributed by atoms with Crippen molar-refractivity contribution in [2.45, 2.75) is 71.2 Å². The number of ether oxygens (including phenoxy) is 3. The van der Waals surface area contributed by atoms with E-state index >= 15 is 0 Å². The molecule has 0 bridgehead atoms. The van der Waals surface area contributed by atoms with Crippen molar-refractivity contribution in [2.24, 2.45) is 16.8 Å². The minimum absolute atomic E-state index is 0.0868. The molecule has 3 aliphatic rings. The topological polar surface area (TPSA) is 102 Å². The number of benzene rings is 2. The molecular formula is C36H42FN5O4. The van der Waals surface area contributed by atoms with Crippen molar-refractivity contribution in [1.29, 1.82) is 5.26 Å². The maximum absolute atomic E-state index is 14.4. The molecule has 3 aliphatic heterocycles. The second-order valence-corrected chi connectivity index (χ2v) is 12.5. The number of piperidine rings is 1. The third-order valence-corrected chi connectivity index (χ3v) is 9.72. The lowest BCUT2D eigenvalue weighted by atomic mass is 9.79. The molecule has 2 saturated heterocycles. The van der Waals surface area contributed by atoms with Gasteiger partial charge in [0.15, 0.2) is 0 Å². The molecule has 242 valence electrons. The van der Waals surface area contributed by atoms with Gasteiger partial charge in [0.2, 0.25) is 5.90 Å². The van der Waals surface area contributed by atoms with Gasteiger partial charge in [0, 0.05) is 24.3 Å². The summed E-state index contributed by atoms with van der Waals surface area (Å²) < 4.78 is 33.4. The molecule has 0 spiro atoms. The monoisotopic (exact) mass is 627 g/mol. The number of allylic oxidation sites excluding steroid dienone is 1. The molecule has 0 radical (unpaired) electrons. The number of fused-ring (bicyclic) bond motifs is 1. The number of methoxy groups -OCH3 is 1. The van der Waals surface area contributed by atoms with E-state index in [0.717, 1.165) is 93.7 Å². The Labute approximate surface area is 269 Å². The Morgan fingerprint density at radius 3 is 2.65 bits per heavy atom. The van der Waals surface area contributed by atoms with Crippen LogP contribution in [0.3, 0.4) is 0 Å². The maximum Gasteiger partial charge on any atom is 0.337 e. The van der Waals surface area contributed by atoms with Crippen LogP contribution in [0.4, 0.5) is 4.39 Å². The van der Waals surface area contributed by atoms with E-state index in [2.05, 4.69) is 22.5 Å². The number of likely N-dealkylation sites (tertiary alicyclic amines) is 1. The van der Waals surface area contributed by atoms with Crippen LogP contribution in [0.25, 0.3) is 11.0 Å². The SMILES string of the molecule is CCC1=C/CC(C2CCN(Cc3nc4ccc(C(=O)OC)cc4n3C[C@@H]3CCO3)CC2)CC/N=C\1OCc1ccc(C#N)cc1F. The van der Waals surface area contributed by atoms with Gasteiger partial charge in [-0.25, -0.2) is 14.2 Å². The molecule has 0 aliphatic carbocycles. The fourth-order valence-electron chi connectivity index (χ4n) is 6.83.